The average Bonchev–Trinajstić information content (AvgIpc) is 3.56. The van der Waals surface area contributed by atoms with Crippen molar-refractivity contribution in [3.05, 3.63) is 58.8 Å². The Hall–Kier alpha value is -2.20. The second kappa shape index (κ2) is 15.6. The first-order valence-corrected chi connectivity index (χ1v) is 25.2. The molecule has 2 heterocycles. The van der Waals surface area contributed by atoms with Crippen LogP contribution in [0.3, 0.4) is 0 Å². The highest BCUT2D eigenvalue weighted by atomic mass is 35.5. The molecule has 10 heteroatoms. The molecule has 59 heavy (non-hydrogen) atoms. The molecule has 8 rings (SSSR count). The van der Waals surface area contributed by atoms with Crippen LogP contribution in [0.4, 0.5) is 0 Å². The molecule has 0 amide bonds. The van der Waals surface area contributed by atoms with Crippen molar-refractivity contribution in [2.45, 2.75) is 131 Å². The summed E-state index contributed by atoms with van der Waals surface area (Å²) < 4.78 is 30.1. The number of allylic oxidation sites excluding steroid dienone is 5. The smallest absolute Gasteiger partial charge is 0.310 e. The van der Waals surface area contributed by atoms with Crippen molar-refractivity contribution in [2.75, 3.05) is 44.3 Å². The molecule has 7 aliphatic rings. The lowest BCUT2D eigenvalue weighted by atomic mass is 9.33. The molecule has 4 unspecified atom stereocenters. The lowest BCUT2D eigenvalue weighted by Crippen LogP contribution is -2.68. The molecule has 0 radical (unpaired) electrons. The maximum absolute atomic E-state index is 12.8. The van der Waals surface area contributed by atoms with Gasteiger partial charge in [-0.3, -0.25) is 4.79 Å². The Morgan fingerprint density at radius 1 is 0.983 bits per heavy atom. The number of halogens is 1. The zero-order chi connectivity index (χ0) is 42.2. The van der Waals surface area contributed by atoms with E-state index < -0.39 is 21.2 Å². The van der Waals surface area contributed by atoms with Gasteiger partial charge >= 0.3 is 5.97 Å². The number of fused-ring (bicyclic) bond motifs is 7. The summed E-state index contributed by atoms with van der Waals surface area (Å²) in [5.41, 5.74) is 4.21. The van der Waals surface area contributed by atoms with Crippen molar-refractivity contribution < 1.29 is 23.1 Å². The van der Waals surface area contributed by atoms with Gasteiger partial charge in [0, 0.05) is 49.0 Å². The number of hydrogen-bond acceptors (Lipinski definition) is 7. The molecular formula is C49H72ClN3O5S. The van der Waals surface area contributed by atoms with Gasteiger partial charge in [-0.05, 0) is 159 Å². The van der Waals surface area contributed by atoms with Gasteiger partial charge < -0.3 is 20.1 Å². The minimum Gasteiger partial charge on any atom is -0.481 e. The van der Waals surface area contributed by atoms with Crippen LogP contribution in [-0.4, -0.2) is 79.2 Å². The standard InChI is InChI=1S/C49H72ClN3O5S/c1-33(2)36-12-20-49(52-25-26-53-27-30-59(56,57)31-28-53)22-21-46(6)38(42(36)49)8-9-40-45(5)16-13-37(44(3,4)39(45)14-17-47(40,46)7)34-10-18-48(19-11-34,43(54)55)23-29-58-41-32-35(50)15-24-51-41/h10,13,15,24,32,36,38-40,42,52H,1,8-9,11-12,14,16-23,25-31H2,2-7H3,(H,54,55)/t36-,38+,39?,40?,42?,45-,46+,47+,48?,49-/m0/s1. The fraction of sp³-hybridized carbons (Fsp3) is 0.755. The third-order valence-corrected chi connectivity index (χ3v) is 20.8. The summed E-state index contributed by atoms with van der Waals surface area (Å²) in [7, 11) is -2.88. The number of carboxylic acid groups (broad SMARTS) is 1. The molecule has 6 aliphatic carbocycles. The van der Waals surface area contributed by atoms with E-state index in [1.807, 2.05) is 0 Å². The maximum Gasteiger partial charge on any atom is 0.310 e. The SMILES string of the molecule is C=C(C)[C@@H]1CC[C@]2(NCCN3CCS(=O)(=O)CC3)CC[C@]3(C)[C@H](CCC4[C@@]5(C)CC=C(C6=CCC(CCOc7cc(Cl)ccn7)(C(=O)O)CC6)C(C)(C)C5CC[C@]43C)C12. The van der Waals surface area contributed by atoms with E-state index in [0.717, 1.165) is 25.9 Å². The number of nitrogens with one attached hydrogen (secondary N) is 1. The molecule has 5 fully saturated rings. The molecular weight excluding hydrogens is 778 g/mol. The molecule has 1 aliphatic heterocycles. The Morgan fingerprint density at radius 3 is 2.42 bits per heavy atom. The Kier molecular flexibility index (Phi) is 11.5. The molecule has 0 bridgehead atoms. The normalized spacial score (nSPS) is 41.3. The summed E-state index contributed by atoms with van der Waals surface area (Å²) in [6, 6.07) is 3.37. The van der Waals surface area contributed by atoms with Crippen LogP contribution in [0.25, 0.3) is 0 Å². The second-order valence-electron chi connectivity index (χ2n) is 21.7. The van der Waals surface area contributed by atoms with Crippen molar-refractivity contribution >= 4 is 27.4 Å². The molecule has 1 aromatic rings. The topological polar surface area (TPSA) is 109 Å². The van der Waals surface area contributed by atoms with E-state index in [0.29, 0.717) is 84.3 Å². The van der Waals surface area contributed by atoms with Crippen LogP contribution in [0.5, 0.6) is 5.88 Å². The zero-order valence-electron chi connectivity index (χ0n) is 36.9. The van der Waals surface area contributed by atoms with Crippen LogP contribution in [0.15, 0.2) is 53.8 Å². The first kappa shape index (κ1) is 43.4. The highest BCUT2D eigenvalue weighted by Gasteiger charge is 2.70. The maximum atomic E-state index is 12.8. The van der Waals surface area contributed by atoms with Gasteiger partial charge in [-0.1, -0.05) is 70.5 Å². The molecule has 0 aromatic carbocycles. The molecule has 1 aromatic heterocycles. The van der Waals surface area contributed by atoms with E-state index >= 15 is 0 Å². The minimum absolute atomic E-state index is 0.00315. The second-order valence-corrected chi connectivity index (χ2v) is 24.5. The Balaban J connectivity index is 0.991. The van der Waals surface area contributed by atoms with Crippen LogP contribution in [0, 0.1) is 56.7 Å². The van der Waals surface area contributed by atoms with Gasteiger partial charge in [-0.15, -0.1) is 0 Å². The van der Waals surface area contributed by atoms with Crippen molar-refractivity contribution in [3.63, 3.8) is 0 Å². The van der Waals surface area contributed by atoms with E-state index in [-0.39, 0.29) is 33.8 Å². The molecule has 4 saturated carbocycles. The number of pyridine rings is 1. The highest BCUT2D eigenvalue weighted by molar-refractivity contribution is 7.91. The summed E-state index contributed by atoms with van der Waals surface area (Å²) in [6.45, 7) is 23.4. The quantitative estimate of drug-likeness (QED) is 0.212. The molecule has 0 spiro atoms. The van der Waals surface area contributed by atoms with E-state index in [2.05, 4.69) is 75.5 Å². The number of ether oxygens (including phenoxy) is 1. The Bertz CT molecular complexity index is 1980. The summed E-state index contributed by atoms with van der Waals surface area (Å²) in [6.07, 6.45) is 19.9. The van der Waals surface area contributed by atoms with Gasteiger partial charge in [-0.25, -0.2) is 13.4 Å². The summed E-state index contributed by atoms with van der Waals surface area (Å²) in [5, 5.41) is 15.3. The molecule has 10 atom stereocenters. The molecule has 2 N–H and O–H groups in total. The summed E-state index contributed by atoms with van der Waals surface area (Å²) in [5.74, 6) is 3.30. The third kappa shape index (κ3) is 7.29. The van der Waals surface area contributed by atoms with Gasteiger partial charge in [-0.2, -0.15) is 0 Å². The fourth-order valence-corrected chi connectivity index (χ4v) is 17.0. The highest BCUT2D eigenvalue weighted by Crippen LogP contribution is 2.76. The number of hydrogen-bond donors (Lipinski definition) is 2. The van der Waals surface area contributed by atoms with Crippen LogP contribution in [-0.2, 0) is 14.6 Å². The van der Waals surface area contributed by atoms with Crippen molar-refractivity contribution in [1.29, 1.82) is 0 Å². The van der Waals surface area contributed by atoms with Gasteiger partial charge in [0.05, 0.1) is 23.5 Å². The minimum atomic E-state index is -2.88. The number of rotatable bonds is 11. The third-order valence-electron chi connectivity index (χ3n) is 18.9. The van der Waals surface area contributed by atoms with Crippen molar-refractivity contribution in [1.82, 2.24) is 15.2 Å². The van der Waals surface area contributed by atoms with Crippen molar-refractivity contribution in [3.8, 4) is 5.88 Å². The lowest BCUT2D eigenvalue weighted by molar-refractivity contribution is -0.221. The largest absolute Gasteiger partial charge is 0.481 e. The average molecular weight is 851 g/mol. The van der Waals surface area contributed by atoms with Crippen LogP contribution in [0.2, 0.25) is 5.02 Å². The van der Waals surface area contributed by atoms with Crippen LogP contribution >= 0.6 is 11.6 Å². The Morgan fingerprint density at radius 2 is 1.75 bits per heavy atom. The van der Waals surface area contributed by atoms with E-state index in [1.54, 1.807) is 18.3 Å². The van der Waals surface area contributed by atoms with E-state index in [9.17, 15) is 18.3 Å². The number of carboxylic acids is 1. The van der Waals surface area contributed by atoms with Gasteiger partial charge in [0.1, 0.15) is 0 Å². The van der Waals surface area contributed by atoms with Crippen LogP contribution < -0.4 is 10.1 Å². The van der Waals surface area contributed by atoms with Gasteiger partial charge in [0.2, 0.25) is 5.88 Å². The predicted molar refractivity (Wildman–Crippen MR) is 237 cm³/mol. The van der Waals surface area contributed by atoms with Crippen molar-refractivity contribution in [2.24, 2.45) is 56.7 Å². The number of aromatic nitrogens is 1. The monoisotopic (exact) mass is 849 g/mol. The van der Waals surface area contributed by atoms with Crippen LogP contribution in [0.1, 0.15) is 125 Å². The summed E-state index contributed by atoms with van der Waals surface area (Å²) in [4.78, 5) is 19.4. The van der Waals surface area contributed by atoms with Gasteiger partial charge in [0.15, 0.2) is 9.84 Å². The van der Waals surface area contributed by atoms with E-state index in [1.165, 1.54) is 68.1 Å². The number of aliphatic carboxylic acids is 1. The first-order chi connectivity index (χ1) is 27.8. The number of sulfone groups is 1. The fourth-order valence-electron chi connectivity index (χ4n) is 15.5. The number of nitrogens with zero attached hydrogens (tertiary/aromatic N) is 2. The van der Waals surface area contributed by atoms with E-state index in [4.69, 9.17) is 16.3 Å². The first-order valence-electron chi connectivity index (χ1n) is 23.0. The molecule has 8 nitrogen and oxygen atoms in total. The lowest BCUT2D eigenvalue weighted by Gasteiger charge is -2.72. The zero-order valence-corrected chi connectivity index (χ0v) is 38.5. The Labute approximate surface area is 360 Å². The summed E-state index contributed by atoms with van der Waals surface area (Å²) >= 11 is 6.12. The molecule has 1 saturated heterocycles. The molecule has 326 valence electrons. The predicted octanol–water partition coefficient (Wildman–Crippen LogP) is 9.95. The number of carbonyl (C=O) groups is 1. The van der Waals surface area contributed by atoms with Gasteiger partial charge in [0.25, 0.3) is 0 Å².